The smallest absolute Gasteiger partial charge is 0.216 e. The van der Waals surface area contributed by atoms with Gasteiger partial charge in [-0.05, 0) is 33.1 Å². The molecule has 102 valence electrons. The maximum atomic E-state index is 12.2. The topological polar surface area (TPSA) is 66.8 Å². The molecule has 0 aliphatic carbocycles. The average molecular weight is 265 g/mol. The van der Waals surface area contributed by atoms with Gasteiger partial charge in [0.2, 0.25) is 10.0 Å². The Hall–Kier alpha value is -0.170. The Bertz CT molecular complexity index is 309. The van der Waals surface area contributed by atoms with Crippen molar-refractivity contribution < 1.29 is 18.3 Å². The highest BCUT2D eigenvalue weighted by Crippen LogP contribution is 2.17. The summed E-state index contributed by atoms with van der Waals surface area (Å²) in [7, 11) is -3.28. The van der Waals surface area contributed by atoms with E-state index in [1.54, 1.807) is 0 Å². The highest BCUT2D eigenvalue weighted by Gasteiger charge is 2.29. The van der Waals surface area contributed by atoms with E-state index < -0.39 is 10.0 Å². The molecular formula is C11H23NO4S. The third-order valence-corrected chi connectivity index (χ3v) is 5.00. The van der Waals surface area contributed by atoms with E-state index in [9.17, 15) is 8.42 Å². The molecule has 1 heterocycles. The van der Waals surface area contributed by atoms with Gasteiger partial charge in [-0.2, -0.15) is 4.31 Å². The van der Waals surface area contributed by atoms with Crippen LogP contribution in [0.15, 0.2) is 0 Å². The molecule has 0 spiro atoms. The van der Waals surface area contributed by atoms with E-state index in [0.717, 1.165) is 12.8 Å². The summed E-state index contributed by atoms with van der Waals surface area (Å²) >= 11 is 0. The fourth-order valence-corrected chi connectivity index (χ4v) is 4.03. The van der Waals surface area contributed by atoms with Gasteiger partial charge in [0.25, 0.3) is 0 Å². The van der Waals surface area contributed by atoms with E-state index in [4.69, 9.17) is 9.84 Å². The second-order valence-electron chi connectivity index (χ2n) is 4.70. The van der Waals surface area contributed by atoms with Gasteiger partial charge in [-0.25, -0.2) is 8.42 Å². The van der Waals surface area contributed by atoms with E-state index in [-0.39, 0.29) is 24.5 Å². The Morgan fingerprint density at radius 1 is 1.47 bits per heavy atom. The van der Waals surface area contributed by atoms with Gasteiger partial charge in [0.05, 0.1) is 11.9 Å². The van der Waals surface area contributed by atoms with Crippen molar-refractivity contribution in [3.8, 4) is 0 Å². The van der Waals surface area contributed by atoms with Crippen molar-refractivity contribution in [3.05, 3.63) is 0 Å². The van der Waals surface area contributed by atoms with Gasteiger partial charge in [-0.3, -0.25) is 0 Å². The molecule has 1 aliphatic heterocycles. The highest BCUT2D eigenvalue weighted by atomic mass is 32.2. The Morgan fingerprint density at radius 2 is 2.18 bits per heavy atom. The molecule has 17 heavy (non-hydrogen) atoms. The third kappa shape index (κ3) is 4.54. The maximum Gasteiger partial charge on any atom is 0.216 e. The zero-order valence-corrected chi connectivity index (χ0v) is 11.4. The number of rotatable bonds is 7. The van der Waals surface area contributed by atoms with Gasteiger partial charge in [-0.1, -0.05) is 0 Å². The molecule has 1 unspecified atom stereocenters. The number of aliphatic hydroxyl groups is 1. The van der Waals surface area contributed by atoms with Crippen molar-refractivity contribution in [3.63, 3.8) is 0 Å². The summed E-state index contributed by atoms with van der Waals surface area (Å²) < 4.78 is 31.2. The predicted octanol–water partition coefficient (Wildman–Crippen LogP) is 0.588. The lowest BCUT2D eigenvalue weighted by Gasteiger charge is -2.26. The molecule has 0 radical (unpaired) electrons. The quantitative estimate of drug-likeness (QED) is 0.731. The molecule has 1 N–H and O–H groups in total. The Labute approximate surface area is 104 Å². The predicted molar refractivity (Wildman–Crippen MR) is 66.3 cm³/mol. The lowest BCUT2D eigenvalue weighted by molar-refractivity contribution is 0.126. The minimum Gasteiger partial charge on any atom is -0.396 e. The molecule has 0 aromatic heterocycles. The van der Waals surface area contributed by atoms with Crippen LogP contribution in [0.1, 0.15) is 33.1 Å². The summed E-state index contributed by atoms with van der Waals surface area (Å²) in [6, 6.07) is -0.0760. The molecule has 0 aromatic carbocycles. The Morgan fingerprint density at radius 3 is 2.65 bits per heavy atom. The van der Waals surface area contributed by atoms with Crippen LogP contribution in [0.4, 0.5) is 0 Å². The molecule has 0 amide bonds. The fourth-order valence-electron chi connectivity index (χ4n) is 2.05. The van der Waals surface area contributed by atoms with Gasteiger partial charge in [0, 0.05) is 25.8 Å². The summed E-state index contributed by atoms with van der Waals surface area (Å²) in [5, 5.41) is 8.80. The van der Waals surface area contributed by atoms with Gasteiger partial charge in [0.1, 0.15) is 0 Å². The molecule has 0 saturated carbocycles. The number of sulfonamides is 1. The molecule has 1 atom stereocenters. The summed E-state index contributed by atoms with van der Waals surface area (Å²) in [5.41, 5.74) is 0. The zero-order chi connectivity index (χ0) is 12.9. The second kappa shape index (κ2) is 6.68. The van der Waals surface area contributed by atoms with Gasteiger partial charge < -0.3 is 9.84 Å². The minimum atomic E-state index is -3.28. The number of nitrogens with zero attached hydrogens (tertiary/aromatic N) is 1. The molecule has 0 bridgehead atoms. The van der Waals surface area contributed by atoms with Gasteiger partial charge >= 0.3 is 0 Å². The molecule has 1 fully saturated rings. The van der Waals surface area contributed by atoms with Crippen LogP contribution in [-0.2, 0) is 14.8 Å². The molecular weight excluding hydrogens is 242 g/mol. The van der Waals surface area contributed by atoms with Crippen molar-refractivity contribution in [2.75, 3.05) is 25.5 Å². The number of ether oxygens (including phenoxy) is 1. The van der Waals surface area contributed by atoms with Crippen LogP contribution >= 0.6 is 0 Å². The second-order valence-corrected chi connectivity index (χ2v) is 6.66. The van der Waals surface area contributed by atoms with E-state index >= 15 is 0 Å². The third-order valence-electron chi connectivity index (χ3n) is 2.89. The maximum absolute atomic E-state index is 12.2. The van der Waals surface area contributed by atoms with Crippen LogP contribution in [0.25, 0.3) is 0 Å². The first kappa shape index (κ1) is 14.9. The van der Waals surface area contributed by atoms with Crippen LogP contribution in [0.5, 0.6) is 0 Å². The molecule has 0 aromatic rings. The fraction of sp³-hybridized carbons (Fsp3) is 1.00. The summed E-state index contributed by atoms with van der Waals surface area (Å²) in [6.45, 7) is 4.76. The lowest BCUT2D eigenvalue weighted by Crippen LogP contribution is -2.41. The van der Waals surface area contributed by atoms with Crippen LogP contribution < -0.4 is 0 Å². The van der Waals surface area contributed by atoms with Crippen LogP contribution in [0.2, 0.25) is 0 Å². The van der Waals surface area contributed by atoms with E-state index in [1.807, 2.05) is 13.8 Å². The summed E-state index contributed by atoms with van der Waals surface area (Å²) in [4.78, 5) is 0. The molecule has 1 saturated heterocycles. The summed E-state index contributed by atoms with van der Waals surface area (Å²) in [5.74, 6) is 0.0661. The average Bonchev–Trinajstić information content (AvgIpc) is 2.69. The summed E-state index contributed by atoms with van der Waals surface area (Å²) in [6.07, 6.45) is 2.09. The zero-order valence-electron chi connectivity index (χ0n) is 10.6. The lowest BCUT2D eigenvalue weighted by atomic mass is 10.3. The molecule has 5 nitrogen and oxygen atoms in total. The van der Waals surface area contributed by atoms with E-state index in [2.05, 4.69) is 0 Å². The van der Waals surface area contributed by atoms with Crippen molar-refractivity contribution in [2.24, 2.45) is 0 Å². The first-order valence-corrected chi connectivity index (χ1v) is 7.80. The van der Waals surface area contributed by atoms with Crippen molar-refractivity contribution in [1.82, 2.24) is 4.31 Å². The number of hydrogen-bond acceptors (Lipinski definition) is 4. The van der Waals surface area contributed by atoms with Gasteiger partial charge in [-0.15, -0.1) is 0 Å². The SMILES string of the molecule is CC(C)N(CCCO)S(=O)(=O)CC1CCCO1. The Kier molecular flexibility index (Phi) is 5.85. The molecule has 1 rings (SSSR count). The van der Waals surface area contributed by atoms with Crippen LogP contribution in [-0.4, -0.2) is 55.5 Å². The van der Waals surface area contributed by atoms with Crippen LogP contribution in [0.3, 0.4) is 0 Å². The first-order chi connectivity index (χ1) is 7.97. The minimum absolute atomic E-state index is 0.0126. The number of hydrogen-bond donors (Lipinski definition) is 1. The molecule has 1 aliphatic rings. The normalized spacial score (nSPS) is 21.6. The van der Waals surface area contributed by atoms with Crippen molar-refractivity contribution in [1.29, 1.82) is 0 Å². The van der Waals surface area contributed by atoms with Crippen molar-refractivity contribution in [2.45, 2.75) is 45.3 Å². The molecule has 6 heteroatoms. The van der Waals surface area contributed by atoms with Crippen LogP contribution in [0, 0.1) is 0 Å². The first-order valence-electron chi connectivity index (χ1n) is 6.19. The van der Waals surface area contributed by atoms with E-state index in [0.29, 0.717) is 19.6 Å². The highest BCUT2D eigenvalue weighted by molar-refractivity contribution is 7.89. The monoisotopic (exact) mass is 265 g/mol. The standard InChI is InChI=1S/C11H23NO4S/c1-10(2)12(6-4-7-13)17(14,15)9-11-5-3-8-16-11/h10-11,13H,3-9H2,1-2H3. The van der Waals surface area contributed by atoms with Crippen molar-refractivity contribution >= 4 is 10.0 Å². The largest absolute Gasteiger partial charge is 0.396 e. The number of aliphatic hydroxyl groups excluding tert-OH is 1. The Balaban J connectivity index is 2.62. The van der Waals surface area contributed by atoms with Gasteiger partial charge in [0.15, 0.2) is 0 Å². The van der Waals surface area contributed by atoms with E-state index in [1.165, 1.54) is 4.31 Å².